The van der Waals surface area contributed by atoms with Crippen molar-refractivity contribution >= 4 is 19.4 Å². The van der Waals surface area contributed by atoms with Crippen molar-refractivity contribution in [2.75, 3.05) is 5.09 Å². The van der Waals surface area contributed by atoms with Gasteiger partial charge in [0.15, 0.2) is 0 Å². The third-order valence-corrected chi connectivity index (χ3v) is 3.53. The summed E-state index contributed by atoms with van der Waals surface area (Å²) in [4.78, 5) is 0. The Morgan fingerprint density at radius 2 is 1.53 bits per heavy atom. The molecule has 4 nitrogen and oxygen atoms in total. The topological polar surface area (TPSA) is 67.2 Å². The van der Waals surface area contributed by atoms with Crippen molar-refractivity contribution in [2.45, 2.75) is 0 Å². The third-order valence-electron chi connectivity index (χ3n) is 2.41. The highest BCUT2D eigenvalue weighted by Crippen LogP contribution is 2.31. The molecule has 0 aliphatic rings. The molecule has 1 atom stereocenters. The normalized spacial score (nSPS) is 13.9. The quantitative estimate of drug-likeness (QED) is 0.730. The first-order chi connectivity index (χ1) is 9.16. The molecule has 19 heavy (non-hydrogen) atoms. The molecule has 0 fully saturated rings. The van der Waals surface area contributed by atoms with Gasteiger partial charge in [-0.05, 0) is 23.8 Å². The van der Waals surface area contributed by atoms with Gasteiger partial charge in [0.25, 0.3) is 0 Å². The Labute approximate surface area is 112 Å². The van der Waals surface area contributed by atoms with Crippen LogP contribution in [-0.2, 0) is 4.57 Å². The minimum absolute atomic E-state index is 0.717. The van der Waals surface area contributed by atoms with Crippen molar-refractivity contribution in [2.24, 2.45) is 5.50 Å². The summed E-state index contributed by atoms with van der Waals surface area (Å²) < 4.78 is 12.1. The fourth-order valence-corrected chi connectivity index (χ4v) is 2.44. The highest BCUT2D eigenvalue weighted by molar-refractivity contribution is 7.61. The molecule has 0 aliphatic heterocycles. The van der Waals surface area contributed by atoms with E-state index < -0.39 is 7.59 Å². The molecule has 2 aromatic carbocycles. The summed E-state index contributed by atoms with van der Waals surface area (Å²) in [5.41, 5.74) is 7.42. The first kappa shape index (κ1) is 13.4. The smallest absolute Gasteiger partial charge is 0.315 e. The van der Waals surface area contributed by atoms with E-state index in [1.165, 1.54) is 0 Å². The van der Waals surface area contributed by atoms with Crippen LogP contribution in [0.5, 0.6) is 0 Å². The maximum Gasteiger partial charge on any atom is 0.324 e. The van der Waals surface area contributed by atoms with E-state index in [1.54, 1.807) is 6.20 Å². The largest absolute Gasteiger partial charge is 0.324 e. The third kappa shape index (κ3) is 4.62. The summed E-state index contributed by atoms with van der Waals surface area (Å²) in [5, 5.41) is 5.47. The number of anilines is 1. The van der Waals surface area contributed by atoms with Crippen LogP contribution in [-0.4, -0.2) is 0 Å². The molecule has 2 rings (SSSR count). The first-order valence-electron chi connectivity index (χ1n) is 5.87. The van der Waals surface area contributed by atoms with E-state index in [0.717, 1.165) is 5.56 Å². The number of nitrogens with one attached hydrogen (secondary N) is 2. The van der Waals surface area contributed by atoms with Gasteiger partial charge in [0, 0.05) is 11.9 Å². The summed E-state index contributed by atoms with van der Waals surface area (Å²) in [7, 11) is -3.14. The number of benzene rings is 2. The summed E-state index contributed by atoms with van der Waals surface area (Å²) in [6.07, 6.45) is 3.40. The average molecular weight is 273 g/mol. The van der Waals surface area contributed by atoms with Gasteiger partial charge in [-0.15, -0.1) is 0 Å². The second-order valence-corrected chi connectivity index (χ2v) is 5.81. The molecule has 0 radical (unpaired) electrons. The highest BCUT2D eigenvalue weighted by Gasteiger charge is 2.12. The molecule has 0 bridgehead atoms. The lowest BCUT2D eigenvalue weighted by Crippen LogP contribution is -2.17. The molecule has 2 aromatic rings. The molecular formula is C14H16N3OP. The van der Waals surface area contributed by atoms with Gasteiger partial charge in [-0.25, -0.2) is 5.50 Å². The van der Waals surface area contributed by atoms with Crippen LogP contribution in [0.25, 0.3) is 6.08 Å². The van der Waals surface area contributed by atoms with Crippen molar-refractivity contribution in [1.82, 2.24) is 5.09 Å². The Morgan fingerprint density at radius 3 is 2.16 bits per heavy atom. The van der Waals surface area contributed by atoms with Crippen LogP contribution in [0, 0.1) is 0 Å². The van der Waals surface area contributed by atoms with Crippen LogP contribution in [0.2, 0.25) is 0 Å². The van der Waals surface area contributed by atoms with Crippen LogP contribution in [0.4, 0.5) is 5.69 Å². The Balaban J connectivity index is 1.95. The summed E-state index contributed by atoms with van der Waals surface area (Å²) >= 11 is 0. The predicted octanol–water partition coefficient (Wildman–Crippen LogP) is 3.43. The second-order valence-electron chi connectivity index (χ2n) is 4.01. The molecule has 98 valence electrons. The maximum absolute atomic E-state index is 12.1. The van der Waals surface area contributed by atoms with Crippen LogP contribution in [0.3, 0.4) is 0 Å². The monoisotopic (exact) mass is 273 g/mol. The fraction of sp³-hybridized carbons (Fsp3) is 0. The SMILES string of the molecule is NP(=O)(NC=Cc1ccccc1)Nc1ccccc1. The molecule has 0 spiro atoms. The van der Waals surface area contributed by atoms with Crippen LogP contribution in [0.15, 0.2) is 66.9 Å². The Morgan fingerprint density at radius 1 is 0.947 bits per heavy atom. The van der Waals surface area contributed by atoms with Crippen LogP contribution < -0.4 is 15.7 Å². The zero-order valence-corrected chi connectivity index (χ0v) is 11.3. The molecule has 0 saturated heterocycles. The lowest BCUT2D eigenvalue weighted by Gasteiger charge is -2.15. The summed E-state index contributed by atoms with van der Waals surface area (Å²) in [6.45, 7) is 0. The van der Waals surface area contributed by atoms with E-state index in [4.69, 9.17) is 5.50 Å². The van der Waals surface area contributed by atoms with E-state index in [-0.39, 0.29) is 0 Å². The van der Waals surface area contributed by atoms with E-state index >= 15 is 0 Å². The van der Waals surface area contributed by atoms with E-state index in [0.29, 0.717) is 5.69 Å². The molecule has 0 aromatic heterocycles. The molecule has 0 saturated carbocycles. The molecular weight excluding hydrogens is 257 g/mol. The zero-order chi connectivity index (χ0) is 13.6. The van der Waals surface area contributed by atoms with Crippen molar-refractivity contribution in [3.8, 4) is 0 Å². The number of hydrogen-bond donors (Lipinski definition) is 3. The van der Waals surface area contributed by atoms with Gasteiger partial charge >= 0.3 is 7.59 Å². The van der Waals surface area contributed by atoms with Gasteiger partial charge in [-0.1, -0.05) is 48.5 Å². The predicted molar refractivity (Wildman–Crippen MR) is 80.5 cm³/mol. The van der Waals surface area contributed by atoms with Gasteiger partial charge in [0.05, 0.1) is 0 Å². The first-order valence-corrected chi connectivity index (χ1v) is 7.65. The maximum atomic E-state index is 12.1. The van der Waals surface area contributed by atoms with Crippen LogP contribution in [0.1, 0.15) is 5.56 Å². The van der Waals surface area contributed by atoms with Crippen LogP contribution >= 0.6 is 7.59 Å². The van der Waals surface area contributed by atoms with E-state index in [2.05, 4.69) is 10.2 Å². The Hall–Kier alpha value is -2.03. The van der Waals surface area contributed by atoms with Crippen molar-refractivity contribution in [1.29, 1.82) is 0 Å². The minimum Gasteiger partial charge on any atom is -0.315 e. The van der Waals surface area contributed by atoms with E-state index in [1.807, 2.05) is 66.7 Å². The van der Waals surface area contributed by atoms with Gasteiger partial charge in [0.1, 0.15) is 0 Å². The Kier molecular flexibility index (Phi) is 4.39. The molecule has 0 heterocycles. The van der Waals surface area contributed by atoms with Gasteiger partial charge < -0.3 is 10.2 Å². The van der Waals surface area contributed by atoms with Crippen molar-refractivity contribution in [3.63, 3.8) is 0 Å². The van der Waals surface area contributed by atoms with Crippen molar-refractivity contribution in [3.05, 3.63) is 72.4 Å². The Bertz CT molecular complexity index is 584. The average Bonchev–Trinajstić information content (AvgIpc) is 2.40. The fourth-order valence-electron chi connectivity index (χ4n) is 1.55. The lowest BCUT2D eigenvalue weighted by molar-refractivity contribution is 0.575. The minimum atomic E-state index is -3.14. The second kappa shape index (κ2) is 6.23. The van der Waals surface area contributed by atoms with Gasteiger partial charge in [-0.2, -0.15) is 0 Å². The van der Waals surface area contributed by atoms with Gasteiger partial charge in [0.2, 0.25) is 0 Å². The van der Waals surface area contributed by atoms with E-state index in [9.17, 15) is 4.57 Å². The van der Waals surface area contributed by atoms with Crippen molar-refractivity contribution < 1.29 is 4.57 Å². The molecule has 5 heteroatoms. The summed E-state index contributed by atoms with van der Waals surface area (Å²) in [6, 6.07) is 18.9. The molecule has 4 N–H and O–H groups in total. The van der Waals surface area contributed by atoms with Gasteiger partial charge in [-0.3, -0.25) is 4.57 Å². The number of rotatable bonds is 5. The number of hydrogen-bond acceptors (Lipinski definition) is 1. The standard InChI is InChI=1S/C14H16N3OP/c15-19(18,17-14-9-5-2-6-10-14)16-12-11-13-7-3-1-4-8-13/h1-12H,(H4,15,16,17,18). The molecule has 0 amide bonds. The zero-order valence-electron chi connectivity index (χ0n) is 10.4. The molecule has 0 aliphatic carbocycles. The number of para-hydroxylation sites is 1. The highest BCUT2D eigenvalue weighted by atomic mass is 31.2. The lowest BCUT2D eigenvalue weighted by atomic mass is 10.2. The number of nitrogens with two attached hydrogens (primary N) is 1. The molecule has 1 unspecified atom stereocenters. The summed E-state index contributed by atoms with van der Waals surface area (Å²) in [5.74, 6) is 0.